The molecule has 0 bridgehead atoms. The van der Waals surface area contributed by atoms with Crippen LogP contribution in [0.3, 0.4) is 0 Å². The molecule has 0 radical (unpaired) electrons. The van der Waals surface area contributed by atoms with Gasteiger partial charge >= 0.3 is 11.9 Å². The molecule has 0 aromatic rings. The van der Waals surface area contributed by atoms with Gasteiger partial charge in [-0.3, -0.25) is 24.0 Å². The number of carbonyl (C=O) groups excluding carboxylic acids is 4. The van der Waals surface area contributed by atoms with E-state index in [1.807, 2.05) is 0 Å². The number of primary amides is 1. The molecule has 0 aromatic carbocycles. The standard InChI is InChI=1S/C18H31N5O8/c1-3-9(2)15(18(30)31)23-17(29)11(5-6-12(20)24)22-13(25)8-21-16(28)10(19)4-7-14(26)27/h9-11,15H,3-8,19H2,1-2H3,(H2,20,24)(H,21,28)(H,22,25)(H,23,29)(H,26,27)(H,30,31). The molecule has 13 heteroatoms. The molecule has 0 rings (SSSR count). The summed E-state index contributed by atoms with van der Waals surface area (Å²) < 4.78 is 0. The Hall–Kier alpha value is -3.22. The molecular formula is C18H31N5O8. The van der Waals surface area contributed by atoms with Crippen molar-refractivity contribution < 1.29 is 39.0 Å². The van der Waals surface area contributed by atoms with Crippen molar-refractivity contribution in [2.75, 3.05) is 6.54 Å². The quantitative estimate of drug-likeness (QED) is 0.143. The summed E-state index contributed by atoms with van der Waals surface area (Å²) in [5.41, 5.74) is 10.6. The number of rotatable bonds is 15. The first kappa shape index (κ1) is 27.8. The normalized spacial score (nSPS) is 14.4. The number of aliphatic carboxylic acids is 2. The van der Waals surface area contributed by atoms with Gasteiger partial charge in [-0.25, -0.2) is 4.79 Å². The fourth-order valence-corrected chi connectivity index (χ4v) is 2.45. The van der Waals surface area contributed by atoms with Crippen LogP contribution in [0.25, 0.3) is 0 Å². The summed E-state index contributed by atoms with van der Waals surface area (Å²) in [6.45, 7) is 2.83. The summed E-state index contributed by atoms with van der Waals surface area (Å²) in [6, 6.07) is -3.59. The lowest BCUT2D eigenvalue weighted by molar-refractivity contribution is -0.144. The molecule has 31 heavy (non-hydrogen) atoms. The highest BCUT2D eigenvalue weighted by atomic mass is 16.4. The van der Waals surface area contributed by atoms with Gasteiger partial charge in [0.1, 0.15) is 12.1 Å². The number of nitrogens with one attached hydrogen (secondary N) is 3. The Labute approximate surface area is 179 Å². The summed E-state index contributed by atoms with van der Waals surface area (Å²) in [6.07, 6.45) is -0.392. The van der Waals surface area contributed by atoms with E-state index in [-0.39, 0.29) is 31.6 Å². The molecule has 0 aromatic heterocycles. The van der Waals surface area contributed by atoms with Crippen LogP contribution in [0.15, 0.2) is 0 Å². The molecule has 13 nitrogen and oxygen atoms in total. The van der Waals surface area contributed by atoms with E-state index in [0.717, 1.165) is 0 Å². The van der Waals surface area contributed by atoms with Crippen LogP contribution in [-0.2, 0) is 28.8 Å². The van der Waals surface area contributed by atoms with Gasteiger partial charge in [-0.05, 0) is 18.8 Å². The Kier molecular flexibility index (Phi) is 12.5. The first-order valence-electron chi connectivity index (χ1n) is 9.74. The maximum atomic E-state index is 12.5. The third-order valence-corrected chi connectivity index (χ3v) is 4.54. The highest BCUT2D eigenvalue weighted by molar-refractivity contribution is 5.93. The first-order chi connectivity index (χ1) is 14.4. The summed E-state index contributed by atoms with van der Waals surface area (Å²) in [4.78, 5) is 69.4. The predicted octanol–water partition coefficient (Wildman–Crippen LogP) is -2.34. The fraction of sp³-hybridized carbons (Fsp3) is 0.667. The minimum absolute atomic E-state index is 0.126. The van der Waals surface area contributed by atoms with Gasteiger partial charge in [0.05, 0.1) is 12.6 Å². The lowest BCUT2D eigenvalue weighted by Crippen LogP contribution is -2.55. The van der Waals surface area contributed by atoms with E-state index < -0.39 is 60.2 Å². The average Bonchev–Trinajstić information content (AvgIpc) is 2.69. The van der Waals surface area contributed by atoms with Gasteiger partial charge in [0.25, 0.3) is 0 Å². The van der Waals surface area contributed by atoms with E-state index in [9.17, 15) is 33.9 Å². The molecule has 0 saturated heterocycles. The molecule has 0 heterocycles. The SMILES string of the molecule is CCC(C)C(NC(=O)C(CCC(N)=O)NC(=O)CNC(=O)C(N)CCC(=O)O)C(=O)O. The third kappa shape index (κ3) is 11.5. The van der Waals surface area contributed by atoms with Gasteiger partial charge in [0, 0.05) is 12.8 Å². The van der Waals surface area contributed by atoms with E-state index in [1.54, 1.807) is 13.8 Å². The van der Waals surface area contributed by atoms with Crippen LogP contribution in [0.5, 0.6) is 0 Å². The number of amides is 4. The molecular weight excluding hydrogens is 414 g/mol. The first-order valence-corrected chi connectivity index (χ1v) is 9.74. The Bertz CT molecular complexity index is 684. The van der Waals surface area contributed by atoms with E-state index >= 15 is 0 Å². The van der Waals surface area contributed by atoms with Crippen molar-refractivity contribution >= 4 is 35.6 Å². The lowest BCUT2D eigenvalue weighted by atomic mass is 9.98. The summed E-state index contributed by atoms with van der Waals surface area (Å²) >= 11 is 0. The van der Waals surface area contributed by atoms with Gasteiger partial charge < -0.3 is 37.6 Å². The summed E-state index contributed by atoms with van der Waals surface area (Å²) in [5.74, 6) is -5.84. The predicted molar refractivity (Wildman–Crippen MR) is 107 cm³/mol. The van der Waals surface area contributed by atoms with Gasteiger partial charge in [-0.15, -0.1) is 0 Å². The van der Waals surface area contributed by atoms with Gasteiger partial charge in [0.15, 0.2) is 0 Å². The Morgan fingerprint density at radius 3 is 2.03 bits per heavy atom. The number of carboxylic acid groups (broad SMARTS) is 2. The molecule has 176 valence electrons. The zero-order valence-electron chi connectivity index (χ0n) is 17.6. The van der Waals surface area contributed by atoms with Crippen LogP contribution in [0.1, 0.15) is 46.0 Å². The van der Waals surface area contributed by atoms with E-state index in [4.69, 9.17) is 16.6 Å². The van der Waals surface area contributed by atoms with Crippen molar-refractivity contribution in [2.24, 2.45) is 17.4 Å². The molecule has 0 aliphatic carbocycles. The molecule has 0 fully saturated rings. The maximum Gasteiger partial charge on any atom is 0.326 e. The second-order valence-corrected chi connectivity index (χ2v) is 7.09. The monoisotopic (exact) mass is 445 g/mol. The molecule has 9 N–H and O–H groups in total. The second-order valence-electron chi connectivity index (χ2n) is 7.09. The van der Waals surface area contributed by atoms with Crippen molar-refractivity contribution in [3.63, 3.8) is 0 Å². The molecule has 4 amide bonds. The number of carboxylic acids is 2. The molecule has 0 aliphatic heterocycles. The summed E-state index contributed by atoms with van der Waals surface area (Å²) in [7, 11) is 0. The van der Waals surface area contributed by atoms with Crippen LogP contribution in [0.4, 0.5) is 0 Å². The molecule has 4 atom stereocenters. The van der Waals surface area contributed by atoms with Crippen molar-refractivity contribution in [1.29, 1.82) is 0 Å². The van der Waals surface area contributed by atoms with Crippen molar-refractivity contribution in [3.05, 3.63) is 0 Å². The van der Waals surface area contributed by atoms with Crippen LogP contribution in [0, 0.1) is 5.92 Å². The van der Waals surface area contributed by atoms with Crippen molar-refractivity contribution in [2.45, 2.75) is 64.1 Å². The smallest absolute Gasteiger partial charge is 0.326 e. The zero-order chi connectivity index (χ0) is 24.1. The second kappa shape index (κ2) is 13.9. The minimum Gasteiger partial charge on any atom is -0.481 e. The Morgan fingerprint density at radius 2 is 1.55 bits per heavy atom. The van der Waals surface area contributed by atoms with Crippen LogP contribution >= 0.6 is 0 Å². The Morgan fingerprint density at radius 1 is 0.935 bits per heavy atom. The number of carbonyl (C=O) groups is 6. The highest BCUT2D eigenvalue weighted by Crippen LogP contribution is 2.09. The molecule has 4 unspecified atom stereocenters. The van der Waals surface area contributed by atoms with Crippen molar-refractivity contribution in [3.8, 4) is 0 Å². The van der Waals surface area contributed by atoms with Gasteiger partial charge in [-0.1, -0.05) is 20.3 Å². The van der Waals surface area contributed by atoms with E-state index in [0.29, 0.717) is 6.42 Å². The average molecular weight is 445 g/mol. The lowest BCUT2D eigenvalue weighted by Gasteiger charge is -2.24. The molecule has 0 spiro atoms. The van der Waals surface area contributed by atoms with Crippen LogP contribution in [-0.4, -0.2) is 70.5 Å². The fourth-order valence-electron chi connectivity index (χ4n) is 2.45. The van der Waals surface area contributed by atoms with Crippen LogP contribution < -0.4 is 27.4 Å². The summed E-state index contributed by atoms with van der Waals surface area (Å²) in [5, 5.41) is 24.8. The third-order valence-electron chi connectivity index (χ3n) is 4.54. The Balaban J connectivity index is 4.98. The van der Waals surface area contributed by atoms with Crippen molar-refractivity contribution in [1.82, 2.24) is 16.0 Å². The number of hydrogen-bond acceptors (Lipinski definition) is 7. The van der Waals surface area contributed by atoms with Gasteiger partial charge in [0.2, 0.25) is 23.6 Å². The van der Waals surface area contributed by atoms with Gasteiger partial charge in [-0.2, -0.15) is 0 Å². The minimum atomic E-state index is -1.26. The number of hydrogen-bond donors (Lipinski definition) is 7. The maximum absolute atomic E-state index is 12.5. The zero-order valence-corrected chi connectivity index (χ0v) is 17.6. The van der Waals surface area contributed by atoms with E-state index in [2.05, 4.69) is 16.0 Å². The highest BCUT2D eigenvalue weighted by Gasteiger charge is 2.29. The van der Waals surface area contributed by atoms with Crippen LogP contribution in [0.2, 0.25) is 0 Å². The molecule has 0 aliphatic rings. The van der Waals surface area contributed by atoms with E-state index in [1.165, 1.54) is 0 Å². The molecule has 0 saturated carbocycles. The largest absolute Gasteiger partial charge is 0.481 e. The topological polar surface area (TPSA) is 231 Å². The number of nitrogens with two attached hydrogens (primary N) is 2.